The molecule has 1 aromatic heterocycles. The van der Waals surface area contributed by atoms with Crippen LogP contribution < -0.4 is 11.1 Å². The molecule has 0 aliphatic heterocycles. The van der Waals surface area contributed by atoms with Crippen molar-refractivity contribution >= 4 is 28.6 Å². The summed E-state index contributed by atoms with van der Waals surface area (Å²) in [4.78, 5) is 23.9. The summed E-state index contributed by atoms with van der Waals surface area (Å²) in [6.45, 7) is 0.0981. The molecule has 0 bridgehead atoms. The van der Waals surface area contributed by atoms with E-state index in [0.29, 0.717) is 28.1 Å². The van der Waals surface area contributed by atoms with Crippen molar-refractivity contribution in [1.29, 1.82) is 0 Å². The highest BCUT2D eigenvalue weighted by Crippen LogP contribution is 2.18. The van der Waals surface area contributed by atoms with Gasteiger partial charge < -0.3 is 9.73 Å². The molecule has 0 unspecified atom stereocenters. The van der Waals surface area contributed by atoms with Gasteiger partial charge in [-0.15, -0.1) is 0 Å². The lowest BCUT2D eigenvalue weighted by Crippen LogP contribution is -2.32. The van der Waals surface area contributed by atoms with Crippen molar-refractivity contribution in [3.63, 3.8) is 0 Å². The van der Waals surface area contributed by atoms with E-state index in [0.717, 1.165) is 0 Å². The second-order valence-corrected chi connectivity index (χ2v) is 5.69. The molecule has 0 radical (unpaired) electrons. The number of benzene rings is 2. The van der Waals surface area contributed by atoms with Crippen LogP contribution in [0.3, 0.4) is 0 Å². The zero-order valence-electron chi connectivity index (χ0n) is 12.6. The lowest BCUT2D eigenvalue weighted by atomic mass is 10.1. The largest absolute Gasteiger partial charge is 0.420 e. The van der Waals surface area contributed by atoms with Gasteiger partial charge in [-0.25, -0.2) is 9.18 Å². The lowest BCUT2D eigenvalue weighted by molar-refractivity contribution is -0.121. The molecule has 3 aromatic rings. The summed E-state index contributed by atoms with van der Waals surface area (Å²) in [6, 6.07) is 11.1. The van der Waals surface area contributed by atoms with Gasteiger partial charge in [0.25, 0.3) is 0 Å². The minimum Gasteiger partial charge on any atom is -0.408 e. The number of rotatable bonds is 5. The summed E-state index contributed by atoms with van der Waals surface area (Å²) in [6.07, 6.45) is 0.370. The van der Waals surface area contributed by atoms with E-state index in [9.17, 15) is 14.0 Å². The summed E-state index contributed by atoms with van der Waals surface area (Å²) in [5.74, 6) is -1.29. The second-order valence-electron chi connectivity index (χ2n) is 5.26. The highest BCUT2D eigenvalue weighted by atomic mass is 35.5. The van der Waals surface area contributed by atoms with E-state index in [2.05, 4.69) is 5.32 Å². The fraction of sp³-hybridized carbons (Fsp3) is 0.176. The molecule has 0 saturated heterocycles. The van der Waals surface area contributed by atoms with Gasteiger partial charge in [0.2, 0.25) is 5.91 Å². The Balaban J connectivity index is 1.64. The molecule has 3 rings (SSSR count). The van der Waals surface area contributed by atoms with Crippen LogP contribution >= 0.6 is 11.6 Å². The van der Waals surface area contributed by atoms with E-state index in [-0.39, 0.29) is 24.8 Å². The third-order valence-corrected chi connectivity index (χ3v) is 3.84. The van der Waals surface area contributed by atoms with Gasteiger partial charge in [-0.3, -0.25) is 9.36 Å². The number of carbonyl (C=O) groups excluding carboxylic acids is 1. The summed E-state index contributed by atoms with van der Waals surface area (Å²) in [5, 5.41) is 3.11. The maximum atomic E-state index is 13.5. The molecule has 0 fully saturated rings. The molecule has 1 N–H and O–H groups in total. The number of carbonyl (C=O) groups is 1. The number of hydrogen-bond acceptors (Lipinski definition) is 3. The third-order valence-electron chi connectivity index (χ3n) is 3.61. The molecule has 24 heavy (non-hydrogen) atoms. The molecule has 0 aliphatic rings. The molecule has 0 saturated carbocycles. The molecule has 0 aliphatic carbocycles. The first-order valence-corrected chi connectivity index (χ1v) is 7.71. The first-order chi connectivity index (χ1) is 11.5. The minimum atomic E-state index is -0.628. The molecule has 7 heteroatoms. The van der Waals surface area contributed by atoms with Crippen molar-refractivity contribution in [2.75, 3.05) is 6.54 Å². The minimum absolute atomic E-state index is 0.176. The van der Waals surface area contributed by atoms with Crippen LogP contribution in [0.25, 0.3) is 11.1 Å². The SMILES string of the molecule is O=C(Cn1c(=O)oc2cc(Cl)ccc21)NCCc1ccccc1F. The molecular weight excluding hydrogens is 335 g/mol. The summed E-state index contributed by atoms with van der Waals surface area (Å²) in [5.41, 5.74) is 1.35. The van der Waals surface area contributed by atoms with Crippen molar-refractivity contribution < 1.29 is 13.6 Å². The fourth-order valence-electron chi connectivity index (χ4n) is 2.43. The van der Waals surface area contributed by atoms with E-state index >= 15 is 0 Å². The van der Waals surface area contributed by atoms with Gasteiger partial charge in [-0.2, -0.15) is 0 Å². The molecule has 1 heterocycles. The average molecular weight is 349 g/mol. The Kier molecular flexibility index (Phi) is 4.66. The Labute approximate surface area is 141 Å². The molecule has 0 spiro atoms. The van der Waals surface area contributed by atoms with E-state index in [1.54, 1.807) is 30.3 Å². The van der Waals surface area contributed by atoms with Gasteiger partial charge in [-0.1, -0.05) is 29.8 Å². The highest BCUT2D eigenvalue weighted by molar-refractivity contribution is 6.31. The number of hydrogen-bond donors (Lipinski definition) is 1. The van der Waals surface area contributed by atoms with Gasteiger partial charge in [0.1, 0.15) is 12.4 Å². The molecule has 1 amide bonds. The highest BCUT2D eigenvalue weighted by Gasteiger charge is 2.13. The van der Waals surface area contributed by atoms with E-state index in [4.69, 9.17) is 16.0 Å². The molecule has 0 atom stereocenters. The second kappa shape index (κ2) is 6.88. The third kappa shape index (κ3) is 3.49. The molecule has 5 nitrogen and oxygen atoms in total. The van der Waals surface area contributed by atoms with Gasteiger partial charge >= 0.3 is 5.76 Å². The van der Waals surface area contributed by atoms with Crippen LogP contribution in [0.15, 0.2) is 51.7 Å². The maximum Gasteiger partial charge on any atom is 0.420 e. The number of fused-ring (bicyclic) bond motifs is 1. The molecule has 2 aromatic carbocycles. The number of aromatic nitrogens is 1. The molecular formula is C17H14ClFN2O3. The molecule has 124 valence electrons. The number of amides is 1. The summed E-state index contributed by atoms with van der Waals surface area (Å²) < 4.78 is 19.8. The Hall–Kier alpha value is -2.60. The van der Waals surface area contributed by atoms with E-state index in [1.165, 1.54) is 16.7 Å². The van der Waals surface area contributed by atoms with Gasteiger partial charge in [0, 0.05) is 17.6 Å². The Bertz CT molecular complexity index is 948. The van der Waals surface area contributed by atoms with Crippen molar-refractivity contribution in [3.8, 4) is 0 Å². The quantitative estimate of drug-likeness (QED) is 0.771. The van der Waals surface area contributed by atoms with Crippen LogP contribution in [-0.2, 0) is 17.8 Å². The maximum absolute atomic E-state index is 13.5. The zero-order chi connectivity index (χ0) is 17.1. The lowest BCUT2D eigenvalue weighted by Gasteiger charge is -2.06. The summed E-state index contributed by atoms with van der Waals surface area (Å²) >= 11 is 5.84. The topological polar surface area (TPSA) is 64.2 Å². The predicted octanol–water partition coefficient (Wildman–Crippen LogP) is 2.75. The van der Waals surface area contributed by atoms with Crippen LogP contribution in [0.4, 0.5) is 4.39 Å². The van der Waals surface area contributed by atoms with Crippen LogP contribution in [0.2, 0.25) is 5.02 Å². The first-order valence-electron chi connectivity index (χ1n) is 7.33. The van der Waals surface area contributed by atoms with Gasteiger partial charge in [0.05, 0.1) is 5.52 Å². The van der Waals surface area contributed by atoms with Crippen LogP contribution in [0, 0.1) is 5.82 Å². The van der Waals surface area contributed by atoms with Crippen molar-refractivity contribution in [2.45, 2.75) is 13.0 Å². The van der Waals surface area contributed by atoms with Crippen LogP contribution in [0.1, 0.15) is 5.56 Å². The number of halogens is 2. The monoisotopic (exact) mass is 348 g/mol. The zero-order valence-corrected chi connectivity index (χ0v) is 13.3. The standard InChI is InChI=1S/C17H14ClFN2O3/c18-12-5-6-14-15(9-12)24-17(23)21(14)10-16(22)20-8-7-11-3-1-2-4-13(11)19/h1-6,9H,7-8,10H2,(H,20,22). The van der Waals surface area contributed by atoms with E-state index < -0.39 is 5.76 Å². The first kappa shape index (κ1) is 16.3. The van der Waals surface area contributed by atoms with E-state index in [1.807, 2.05) is 0 Å². The van der Waals surface area contributed by atoms with Gasteiger partial charge in [-0.05, 0) is 30.2 Å². The van der Waals surface area contributed by atoms with Crippen LogP contribution in [0.5, 0.6) is 0 Å². The number of nitrogens with zero attached hydrogens (tertiary/aromatic N) is 1. The average Bonchev–Trinajstić information content (AvgIpc) is 2.84. The normalized spacial score (nSPS) is 10.9. The number of oxazole rings is 1. The van der Waals surface area contributed by atoms with Gasteiger partial charge in [0.15, 0.2) is 5.58 Å². The number of nitrogens with one attached hydrogen (secondary N) is 1. The fourth-order valence-corrected chi connectivity index (χ4v) is 2.59. The van der Waals surface area contributed by atoms with Crippen molar-refractivity contribution in [2.24, 2.45) is 0 Å². The Morgan fingerprint density at radius 1 is 1.25 bits per heavy atom. The summed E-state index contributed by atoms with van der Waals surface area (Å²) in [7, 11) is 0. The van der Waals surface area contributed by atoms with Crippen molar-refractivity contribution in [3.05, 3.63) is 69.4 Å². The Morgan fingerprint density at radius 3 is 2.83 bits per heavy atom. The smallest absolute Gasteiger partial charge is 0.408 e. The Morgan fingerprint density at radius 2 is 2.04 bits per heavy atom. The van der Waals surface area contributed by atoms with Crippen molar-refractivity contribution in [1.82, 2.24) is 9.88 Å². The van der Waals surface area contributed by atoms with Crippen LogP contribution in [-0.4, -0.2) is 17.0 Å². The predicted molar refractivity (Wildman–Crippen MR) is 88.6 cm³/mol.